The second kappa shape index (κ2) is 2.66. The van der Waals surface area contributed by atoms with E-state index in [9.17, 15) is 0 Å². The van der Waals surface area contributed by atoms with Crippen LogP contribution in [0.15, 0.2) is 12.3 Å². The first-order chi connectivity index (χ1) is 5.75. The lowest BCUT2D eigenvalue weighted by Crippen LogP contribution is -2.00. The van der Waals surface area contributed by atoms with Gasteiger partial charge >= 0.3 is 0 Å². The van der Waals surface area contributed by atoms with Crippen molar-refractivity contribution in [1.29, 1.82) is 0 Å². The van der Waals surface area contributed by atoms with E-state index >= 15 is 0 Å². The Balaban J connectivity index is 2.21. The van der Waals surface area contributed by atoms with Gasteiger partial charge in [-0.1, -0.05) is 0 Å². The number of aryl methyl sites for hydroxylation is 1. The normalized spacial score (nSPS) is 16.1. The van der Waals surface area contributed by atoms with Gasteiger partial charge in [-0.15, -0.1) is 0 Å². The lowest BCUT2D eigenvalue weighted by Gasteiger charge is -2.07. The van der Waals surface area contributed by atoms with Crippen molar-refractivity contribution in [2.75, 3.05) is 5.73 Å². The molecule has 1 aliphatic carbocycles. The van der Waals surface area contributed by atoms with Gasteiger partial charge in [-0.2, -0.15) is 0 Å². The van der Waals surface area contributed by atoms with Crippen molar-refractivity contribution in [1.82, 2.24) is 4.98 Å². The van der Waals surface area contributed by atoms with Crippen LogP contribution in [0.5, 0.6) is 5.75 Å². The van der Waals surface area contributed by atoms with E-state index in [1.54, 1.807) is 6.20 Å². The van der Waals surface area contributed by atoms with E-state index in [2.05, 4.69) is 4.98 Å². The Bertz CT molecular complexity index is 295. The van der Waals surface area contributed by atoms with Crippen molar-refractivity contribution in [3.05, 3.63) is 18.0 Å². The van der Waals surface area contributed by atoms with Crippen LogP contribution in [-0.4, -0.2) is 11.1 Å². The van der Waals surface area contributed by atoms with Crippen molar-refractivity contribution < 1.29 is 4.74 Å². The average Bonchev–Trinajstić information content (AvgIpc) is 2.81. The van der Waals surface area contributed by atoms with Crippen molar-refractivity contribution >= 4 is 5.69 Å². The maximum absolute atomic E-state index is 5.68. The van der Waals surface area contributed by atoms with Gasteiger partial charge in [-0.3, -0.25) is 4.98 Å². The standard InChI is InChI=1S/C9H12N2O/c1-6-4-9(8(10)5-11-6)12-7-2-3-7/h4-5,7H,2-3,10H2,1H3. The van der Waals surface area contributed by atoms with Crippen LogP contribution in [0, 0.1) is 6.92 Å². The number of ether oxygens (including phenoxy) is 1. The molecule has 0 radical (unpaired) electrons. The summed E-state index contributed by atoms with van der Waals surface area (Å²) in [6.45, 7) is 1.93. The smallest absolute Gasteiger partial charge is 0.145 e. The molecule has 12 heavy (non-hydrogen) atoms. The Hall–Kier alpha value is -1.25. The van der Waals surface area contributed by atoms with E-state index in [1.165, 1.54) is 0 Å². The van der Waals surface area contributed by atoms with E-state index < -0.39 is 0 Å². The number of anilines is 1. The highest BCUT2D eigenvalue weighted by atomic mass is 16.5. The maximum atomic E-state index is 5.68. The fourth-order valence-electron chi connectivity index (χ4n) is 1.01. The van der Waals surface area contributed by atoms with E-state index in [0.29, 0.717) is 11.8 Å². The topological polar surface area (TPSA) is 48.1 Å². The molecule has 1 aromatic rings. The van der Waals surface area contributed by atoms with E-state index in [1.807, 2.05) is 13.0 Å². The molecular weight excluding hydrogens is 152 g/mol. The van der Waals surface area contributed by atoms with Crippen LogP contribution in [0.4, 0.5) is 5.69 Å². The number of hydrogen-bond donors (Lipinski definition) is 1. The van der Waals surface area contributed by atoms with E-state index in [4.69, 9.17) is 10.5 Å². The summed E-state index contributed by atoms with van der Waals surface area (Å²) in [5, 5.41) is 0. The highest BCUT2D eigenvalue weighted by molar-refractivity contribution is 5.51. The second-order valence-corrected chi connectivity index (χ2v) is 3.18. The molecule has 3 nitrogen and oxygen atoms in total. The summed E-state index contributed by atoms with van der Waals surface area (Å²) in [5.41, 5.74) is 7.25. The number of rotatable bonds is 2. The van der Waals surface area contributed by atoms with Gasteiger partial charge in [0.1, 0.15) is 5.75 Å². The fraction of sp³-hybridized carbons (Fsp3) is 0.444. The summed E-state index contributed by atoms with van der Waals surface area (Å²) in [6.07, 6.45) is 4.35. The van der Waals surface area contributed by atoms with Crippen LogP contribution >= 0.6 is 0 Å². The summed E-state index contributed by atoms with van der Waals surface area (Å²) in [7, 11) is 0. The van der Waals surface area contributed by atoms with Crippen LogP contribution in [0.1, 0.15) is 18.5 Å². The maximum Gasteiger partial charge on any atom is 0.145 e. The minimum absolute atomic E-state index is 0.397. The Morgan fingerprint density at radius 1 is 1.58 bits per heavy atom. The van der Waals surface area contributed by atoms with Gasteiger partial charge in [-0.05, 0) is 19.8 Å². The average molecular weight is 164 g/mol. The van der Waals surface area contributed by atoms with Gasteiger partial charge < -0.3 is 10.5 Å². The first-order valence-corrected chi connectivity index (χ1v) is 4.14. The molecule has 64 valence electrons. The fourth-order valence-corrected chi connectivity index (χ4v) is 1.01. The molecule has 0 saturated heterocycles. The molecule has 0 bridgehead atoms. The third-order valence-corrected chi connectivity index (χ3v) is 1.85. The Labute approximate surface area is 71.6 Å². The molecule has 0 amide bonds. The van der Waals surface area contributed by atoms with Crippen molar-refractivity contribution in [3.8, 4) is 5.75 Å². The summed E-state index contributed by atoms with van der Waals surface area (Å²) in [5.74, 6) is 0.782. The highest BCUT2D eigenvalue weighted by Crippen LogP contribution is 2.30. The number of nitrogen functional groups attached to an aromatic ring is 1. The molecule has 0 unspecified atom stereocenters. The molecule has 0 aliphatic heterocycles. The number of nitrogens with two attached hydrogens (primary N) is 1. The van der Waals surface area contributed by atoms with Crippen LogP contribution in [-0.2, 0) is 0 Å². The first-order valence-electron chi connectivity index (χ1n) is 4.14. The monoisotopic (exact) mass is 164 g/mol. The number of aromatic nitrogens is 1. The quantitative estimate of drug-likeness (QED) is 0.720. The third-order valence-electron chi connectivity index (χ3n) is 1.85. The lowest BCUT2D eigenvalue weighted by atomic mass is 10.3. The Morgan fingerprint density at radius 2 is 2.33 bits per heavy atom. The van der Waals surface area contributed by atoms with Crippen LogP contribution in [0.2, 0.25) is 0 Å². The Morgan fingerprint density at radius 3 is 3.00 bits per heavy atom. The van der Waals surface area contributed by atoms with Crippen molar-refractivity contribution in [2.45, 2.75) is 25.9 Å². The lowest BCUT2D eigenvalue weighted by molar-refractivity contribution is 0.304. The molecule has 2 N–H and O–H groups in total. The second-order valence-electron chi connectivity index (χ2n) is 3.18. The number of pyridine rings is 1. The first kappa shape index (κ1) is 7.40. The minimum atomic E-state index is 0.397. The molecular formula is C9H12N2O. The summed E-state index contributed by atoms with van der Waals surface area (Å²) >= 11 is 0. The number of hydrogen-bond acceptors (Lipinski definition) is 3. The van der Waals surface area contributed by atoms with Crippen molar-refractivity contribution in [3.63, 3.8) is 0 Å². The van der Waals surface area contributed by atoms with Crippen LogP contribution < -0.4 is 10.5 Å². The van der Waals surface area contributed by atoms with Gasteiger partial charge in [0.15, 0.2) is 0 Å². The minimum Gasteiger partial charge on any atom is -0.488 e. The molecule has 2 rings (SSSR count). The largest absolute Gasteiger partial charge is 0.488 e. The summed E-state index contributed by atoms with van der Waals surface area (Å²) < 4.78 is 5.57. The zero-order valence-electron chi connectivity index (χ0n) is 7.08. The molecule has 0 spiro atoms. The van der Waals surface area contributed by atoms with Gasteiger partial charge in [0.2, 0.25) is 0 Å². The molecule has 1 heterocycles. The zero-order chi connectivity index (χ0) is 8.55. The van der Waals surface area contributed by atoms with E-state index in [0.717, 1.165) is 24.3 Å². The summed E-state index contributed by atoms with van der Waals surface area (Å²) in [4.78, 5) is 4.06. The summed E-state index contributed by atoms with van der Waals surface area (Å²) in [6, 6.07) is 1.88. The van der Waals surface area contributed by atoms with E-state index in [-0.39, 0.29) is 0 Å². The Kier molecular flexibility index (Phi) is 1.64. The number of nitrogens with zero attached hydrogens (tertiary/aromatic N) is 1. The SMILES string of the molecule is Cc1cc(OC2CC2)c(N)cn1. The van der Waals surface area contributed by atoms with Gasteiger partial charge in [0.05, 0.1) is 18.0 Å². The predicted molar refractivity (Wildman–Crippen MR) is 47.0 cm³/mol. The van der Waals surface area contributed by atoms with Gasteiger partial charge in [-0.25, -0.2) is 0 Å². The highest BCUT2D eigenvalue weighted by Gasteiger charge is 2.24. The molecule has 1 saturated carbocycles. The molecule has 0 aromatic carbocycles. The molecule has 1 aromatic heterocycles. The van der Waals surface area contributed by atoms with Crippen LogP contribution in [0.3, 0.4) is 0 Å². The van der Waals surface area contributed by atoms with Gasteiger partial charge in [0.25, 0.3) is 0 Å². The third kappa shape index (κ3) is 1.49. The predicted octanol–water partition coefficient (Wildman–Crippen LogP) is 1.51. The zero-order valence-corrected chi connectivity index (χ0v) is 7.08. The van der Waals surface area contributed by atoms with Crippen LogP contribution in [0.25, 0.3) is 0 Å². The molecule has 1 aliphatic rings. The van der Waals surface area contributed by atoms with Gasteiger partial charge in [0, 0.05) is 11.8 Å². The van der Waals surface area contributed by atoms with Crippen molar-refractivity contribution in [2.24, 2.45) is 0 Å². The molecule has 0 atom stereocenters. The molecule has 3 heteroatoms. The molecule has 1 fully saturated rings.